The number of aliphatic hydroxyl groups is 1. The summed E-state index contributed by atoms with van der Waals surface area (Å²) < 4.78 is 13.2. The molecule has 2 aliphatic heterocycles. The summed E-state index contributed by atoms with van der Waals surface area (Å²) in [6.07, 6.45) is 5.45. The second-order valence-electron chi connectivity index (χ2n) is 9.03. The van der Waals surface area contributed by atoms with E-state index in [4.69, 9.17) is 0 Å². The van der Waals surface area contributed by atoms with Gasteiger partial charge in [-0.2, -0.15) is 0 Å². The van der Waals surface area contributed by atoms with Gasteiger partial charge in [-0.3, -0.25) is 9.88 Å². The molecular formula is C27H29FN4O2. The number of urea groups is 1. The van der Waals surface area contributed by atoms with Crippen molar-refractivity contribution in [1.29, 1.82) is 0 Å². The Morgan fingerprint density at radius 1 is 0.971 bits per heavy atom. The lowest BCUT2D eigenvalue weighted by Crippen LogP contribution is -2.68. The summed E-state index contributed by atoms with van der Waals surface area (Å²) >= 11 is 0. The molecule has 0 aliphatic carbocycles. The average molecular weight is 461 g/mol. The van der Waals surface area contributed by atoms with Crippen molar-refractivity contribution in [1.82, 2.24) is 14.8 Å². The Morgan fingerprint density at radius 2 is 1.65 bits per heavy atom. The third-order valence-corrected chi connectivity index (χ3v) is 7.06. The first-order chi connectivity index (χ1) is 16.6. The number of anilines is 1. The number of nitrogens with one attached hydrogen (secondary N) is 1. The summed E-state index contributed by atoms with van der Waals surface area (Å²) in [5.41, 5.74) is 4.00. The van der Waals surface area contributed by atoms with Gasteiger partial charge in [0.05, 0.1) is 6.61 Å². The van der Waals surface area contributed by atoms with E-state index in [1.165, 1.54) is 17.7 Å². The van der Waals surface area contributed by atoms with Gasteiger partial charge in [-0.25, -0.2) is 9.18 Å². The zero-order valence-corrected chi connectivity index (χ0v) is 19.0. The third kappa shape index (κ3) is 4.54. The number of nitrogens with zero attached hydrogens (tertiary/aromatic N) is 3. The maximum atomic E-state index is 13.2. The summed E-state index contributed by atoms with van der Waals surface area (Å²) in [7, 11) is 0. The molecule has 3 heterocycles. The normalized spacial score (nSPS) is 22.8. The fraction of sp³-hybridized carbons (Fsp3) is 0.333. The van der Waals surface area contributed by atoms with Crippen LogP contribution >= 0.6 is 0 Å². The van der Waals surface area contributed by atoms with E-state index in [0.29, 0.717) is 18.8 Å². The molecule has 0 spiro atoms. The van der Waals surface area contributed by atoms with E-state index in [-0.39, 0.29) is 36.5 Å². The van der Waals surface area contributed by atoms with Crippen molar-refractivity contribution in [2.45, 2.75) is 30.8 Å². The average Bonchev–Trinajstić information content (AvgIpc) is 2.85. The van der Waals surface area contributed by atoms with Gasteiger partial charge in [-0.15, -0.1) is 0 Å². The summed E-state index contributed by atoms with van der Waals surface area (Å²) in [6, 6.07) is 18.3. The third-order valence-electron chi connectivity index (χ3n) is 7.06. The van der Waals surface area contributed by atoms with Crippen LogP contribution in [0, 0.1) is 5.82 Å². The molecule has 2 aromatic carbocycles. The Labute approximate surface area is 199 Å². The van der Waals surface area contributed by atoms with Crippen LogP contribution < -0.4 is 5.32 Å². The zero-order chi connectivity index (χ0) is 23.5. The molecule has 0 bridgehead atoms. The minimum atomic E-state index is -0.331. The highest BCUT2D eigenvalue weighted by Gasteiger charge is 2.49. The lowest BCUT2D eigenvalue weighted by molar-refractivity contribution is -0.0585. The maximum absolute atomic E-state index is 13.2. The number of rotatable bonds is 4. The molecule has 7 heteroatoms. The van der Waals surface area contributed by atoms with Gasteiger partial charge in [0.1, 0.15) is 5.82 Å². The van der Waals surface area contributed by atoms with Crippen LogP contribution in [0.3, 0.4) is 0 Å². The molecule has 0 saturated carbocycles. The Bertz CT molecular complexity index is 1110. The van der Waals surface area contributed by atoms with E-state index < -0.39 is 0 Å². The molecule has 3 atom stereocenters. The Morgan fingerprint density at radius 3 is 2.35 bits per heavy atom. The highest BCUT2D eigenvalue weighted by atomic mass is 19.1. The number of carbonyl (C=O) groups is 1. The number of aromatic nitrogens is 1. The van der Waals surface area contributed by atoms with Crippen LogP contribution in [0.25, 0.3) is 11.1 Å². The molecule has 5 rings (SSSR count). The molecule has 0 unspecified atom stereocenters. The molecule has 2 N–H and O–H groups in total. The van der Waals surface area contributed by atoms with Crippen LogP contribution in [0.1, 0.15) is 24.3 Å². The van der Waals surface area contributed by atoms with E-state index in [9.17, 15) is 14.3 Å². The first-order valence-corrected chi connectivity index (χ1v) is 11.8. The predicted molar refractivity (Wildman–Crippen MR) is 130 cm³/mol. The van der Waals surface area contributed by atoms with Crippen LogP contribution in [0.2, 0.25) is 0 Å². The lowest BCUT2D eigenvalue weighted by atomic mass is 9.74. The van der Waals surface area contributed by atoms with Crippen molar-refractivity contribution in [2.24, 2.45) is 0 Å². The monoisotopic (exact) mass is 460 g/mol. The first kappa shape index (κ1) is 22.5. The van der Waals surface area contributed by atoms with Gasteiger partial charge in [-0.05, 0) is 72.5 Å². The zero-order valence-electron chi connectivity index (χ0n) is 19.0. The standard InChI is InChI=1S/C27H29FN4O2/c28-22-7-9-23(10-8-22)30-27(34)31-15-1-2-16-32-24(17-31)26(25(32)18-33)21-5-3-19(4-6-21)20-11-13-29-14-12-20/h3-14,24-26,33H,1-2,15-18H2,(H,30,34)/t24-,25-,26-/m1/s1. The number of hydrogen-bond acceptors (Lipinski definition) is 4. The number of halogens is 1. The minimum Gasteiger partial charge on any atom is -0.395 e. The first-order valence-electron chi connectivity index (χ1n) is 11.8. The molecule has 34 heavy (non-hydrogen) atoms. The summed E-state index contributed by atoms with van der Waals surface area (Å²) in [5.74, 6) is -0.182. The van der Waals surface area contributed by atoms with Crippen molar-refractivity contribution in [2.75, 3.05) is 31.6 Å². The molecule has 2 fully saturated rings. The number of benzene rings is 2. The number of hydrogen-bond donors (Lipinski definition) is 2. The number of carbonyl (C=O) groups excluding carboxylic acids is 1. The van der Waals surface area contributed by atoms with Crippen LogP contribution in [0.4, 0.5) is 14.9 Å². The largest absolute Gasteiger partial charge is 0.395 e. The highest BCUT2D eigenvalue weighted by molar-refractivity contribution is 5.89. The number of fused-ring (bicyclic) bond motifs is 1. The van der Waals surface area contributed by atoms with Gasteiger partial charge in [0.15, 0.2) is 0 Å². The van der Waals surface area contributed by atoms with Gasteiger partial charge < -0.3 is 15.3 Å². The Kier molecular flexibility index (Phi) is 6.56. The van der Waals surface area contributed by atoms with Gasteiger partial charge in [0.2, 0.25) is 0 Å². The minimum absolute atomic E-state index is 0.0527. The van der Waals surface area contributed by atoms with Crippen LogP contribution in [0.5, 0.6) is 0 Å². The van der Waals surface area contributed by atoms with Crippen molar-refractivity contribution < 1.29 is 14.3 Å². The van der Waals surface area contributed by atoms with E-state index in [0.717, 1.165) is 30.5 Å². The van der Waals surface area contributed by atoms with Gasteiger partial charge >= 0.3 is 6.03 Å². The molecule has 2 amide bonds. The summed E-state index contributed by atoms with van der Waals surface area (Å²) in [5, 5.41) is 13.1. The molecule has 176 valence electrons. The smallest absolute Gasteiger partial charge is 0.321 e. The Balaban J connectivity index is 1.34. The summed E-state index contributed by atoms with van der Waals surface area (Å²) in [6.45, 7) is 2.28. The number of amides is 2. The molecule has 6 nitrogen and oxygen atoms in total. The quantitative estimate of drug-likeness (QED) is 0.608. The molecule has 0 radical (unpaired) electrons. The molecule has 3 aromatic rings. The van der Waals surface area contributed by atoms with Crippen LogP contribution in [0.15, 0.2) is 73.1 Å². The van der Waals surface area contributed by atoms with Crippen molar-refractivity contribution in [3.05, 3.63) is 84.4 Å². The summed E-state index contributed by atoms with van der Waals surface area (Å²) in [4.78, 5) is 21.3. The molecule has 1 aromatic heterocycles. The van der Waals surface area contributed by atoms with E-state index in [2.05, 4.69) is 39.5 Å². The highest BCUT2D eigenvalue weighted by Crippen LogP contribution is 2.42. The van der Waals surface area contributed by atoms with E-state index in [1.54, 1.807) is 24.5 Å². The predicted octanol–water partition coefficient (Wildman–Crippen LogP) is 4.34. The number of pyridine rings is 1. The molecule has 2 saturated heterocycles. The SMILES string of the molecule is O=C(Nc1ccc(F)cc1)N1CCCCN2[C@H](CO)[C@H](c3ccc(-c4ccncc4)cc3)[C@H]2C1. The van der Waals surface area contributed by atoms with Crippen molar-refractivity contribution in [3.8, 4) is 11.1 Å². The lowest BCUT2D eigenvalue weighted by Gasteiger charge is -2.57. The fourth-order valence-corrected chi connectivity index (χ4v) is 5.30. The Hall–Kier alpha value is -3.29. The van der Waals surface area contributed by atoms with Gasteiger partial charge in [-0.1, -0.05) is 24.3 Å². The number of aliphatic hydroxyl groups excluding tert-OH is 1. The second kappa shape index (κ2) is 9.91. The fourth-order valence-electron chi connectivity index (χ4n) is 5.30. The molecule has 2 aliphatic rings. The van der Waals surface area contributed by atoms with Crippen molar-refractivity contribution in [3.63, 3.8) is 0 Å². The second-order valence-corrected chi connectivity index (χ2v) is 9.03. The van der Waals surface area contributed by atoms with Crippen LogP contribution in [-0.4, -0.2) is 64.2 Å². The molecular weight excluding hydrogens is 431 g/mol. The topological polar surface area (TPSA) is 68.7 Å². The van der Waals surface area contributed by atoms with E-state index in [1.807, 2.05) is 17.0 Å². The maximum Gasteiger partial charge on any atom is 0.321 e. The van der Waals surface area contributed by atoms with Gasteiger partial charge in [0, 0.05) is 49.2 Å². The van der Waals surface area contributed by atoms with E-state index >= 15 is 0 Å². The van der Waals surface area contributed by atoms with Gasteiger partial charge in [0.25, 0.3) is 0 Å². The van der Waals surface area contributed by atoms with Crippen LogP contribution in [-0.2, 0) is 0 Å². The van der Waals surface area contributed by atoms with Crippen molar-refractivity contribution >= 4 is 11.7 Å².